The van der Waals surface area contributed by atoms with Crippen molar-refractivity contribution in [2.75, 3.05) is 7.05 Å². The van der Waals surface area contributed by atoms with Gasteiger partial charge >= 0.3 is 0 Å². The molecule has 0 unspecified atom stereocenters. The van der Waals surface area contributed by atoms with E-state index in [9.17, 15) is 10.1 Å². The Kier molecular flexibility index (Phi) is 4.88. The molecule has 0 bridgehead atoms. The number of thiocarbonyl (C=S) groups is 1. The van der Waals surface area contributed by atoms with Crippen LogP contribution < -0.4 is 0 Å². The Bertz CT molecular complexity index is 674. The van der Waals surface area contributed by atoms with Crippen molar-refractivity contribution in [2.24, 2.45) is 0 Å². The van der Waals surface area contributed by atoms with Crippen LogP contribution in [-0.4, -0.2) is 21.9 Å². The van der Waals surface area contributed by atoms with Crippen molar-refractivity contribution >= 4 is 34.5 Å². The van der Waals surface area contributed by atoms with E-state index in [1.165, 1.54) is 6.07 Å². The molecular formula is C15H13ClN2O2S. The number of benzene rings is 2. The Balaban J connectivity index is 2.18. The average molecular weight is 321 g/mol. The first-order chi connectivity index (χ1) is 9.99. The highest BCUT2D eigenvalue weighted by Gasteiger charge is 2.15. The van der Waals surface area contributed by atoms with Crippen molar-refractivity contribution in [1.82, 2.24) is 4.90 Å². The minimum atomic E-state index is -0.380. The molecule has 108 valence electrons. The number of nitro groups is 1. The Morgan fingerprint density at radius 1 is 1.24 bits per heavy atom. The zero-order valence-corrected chi connectivity index (χ0v) is 12.9. The van der Waals surface area contributed by atoms with Crippen LogP contribution in [0.5, 0.6) is 0 Å². The lowest BCUT2D eigenvalue weighted by molar-refractivity contribution is -0.385. The minimum absolute atomic E-state index is 0.100. The summed E-state index contributed by atoms with van der Waals surface area (Å²) in [6, 6.07) is 13.9. The molecular weight excluding hydrogens is 308 g/mol. The zero-order chi connectivity index (χ0) is 15.4. The summed E-state index contributed by atoms with van der Waals surface area (Å²) in [6.07, 6.45) is 0. The summed E-state index contributed by atoms with van der Waals surface area (Å²) in [4.78, 5) is 13.1. The number of nitrogens with zero attached hydrogens (tertiary/aromatic N) is 2. The highest BCUT2D eigenvalue weighted by atomic mass is 35.5. The maximum absolute atomic E-state index is 11.0. The molecule has 4 nitrogen and oxygen atoms in total. The molecule has 2 aromatic carbocycles. The third-order valence-corrected chi connectivity index (χ3v) is 3.83. The maximum atomic E-state index is 11.0. The highest BCUT2D eigenvalue weighted by molar-refractivity contribution is 7.80. The standard InChI is InChI=1S/C15H13ClN2O2S/c1-17(15(21)11-6-8-13(16)9-7-11)10-12-4-2-3-5-14(12)18(19)20/h2-9H,10H2,1H3. The predicted molar refractivity (Wildman–Crippen MR) is 87.7 cm³/mol. The molecule has 0 aliphatic rings. The Labute approximate surface area is 133 Å². The second kappa shape index (κ2) is 6.65. The molecule has 0 aromatic heterocycles. The molecule has 0 fully saturated rings. The maximum Gasteiger partial charge on any atom is 0.274 e. The van der Waals surface area contributed by atoms with Gasteiger partial charge in [-0.1, -0.05) is 54.2 Å². The van der Waals surface area contributed by atoms with Crippen LogP contribution >= 0.6 is 23.8 Å². The minimum Gasteiger partial charge on any atom is -0.361 e. The molecule has 0 aliphatic carbocycles. The molecule has 0 heterocycles. The summed E-state index contributed by atoms with van der Waals surface area (Å²) in [7, 11) is 1.81. The number of rotatable bonds is 4. The van der Waals surface area contributed by atoms with Gasteiger partial charge in [0, 0.05) is 29.3 Å². The average Bonchev–Trinajstić information content (AvgIpc) is 2.47. The van der Waals surface area contributed by atoms with Crippen LogP contribution in [0.2, 0.25) is 5.02 Å². The van der Waals surface area contributed by atoms with E-state index in [-0.39, 0.29) is 10.6 Å². The fourth-order valence-electron chi connectivity index (χ4n) is 1.96. The van der Waals surface area contributed by atoms with Gasteiger partial charge in [-0.15, -0.1) is 0 Å². The van der Waals surface area contributed by atoms with E-state index in [1.54, 1.807) is 35.2 Å². The van der Waals surface area contributed by atoms with E-state index in [0.29, 0.717) is 22.1 Å². The smallest absolute Gasteiger partial charge is 0.274 e. The summed E-state index contributed by atoms with van der Waals surface area (Å²) in [6.45, 7) is 0.374. The van der Waals surface area contributed by atoms with Crippen LogP contribution in [0.15, 0.2) is 48.5 Å². The van der Waals surface area contributed by atoms with E-state index in [1.807, 2.05) is 19.2 Å². The van der Waals surface area contributed by atoms with Gasteiger partial charge < -0.3 is 4.90 Å². The van der Waals surface area contributed by atoms with Crippen LogP contribution in [0.25, 0.3) is 0 Å². The van der Waals surface area contributed by atoms with E-state index >= 15 is 0 Å². The van der Waals surface area contributed by atoms with Crippen molar-refractivity contribution in [3.63, 3.8) is 0 Å². The Morgan fingerprint density at radius 3 is 2.48 bits per heavy atom. The van der Waals surface area contributed by atoms with E-state index in [2.05, 4.69) is 0 Å². The topological polar surface area (TPSA) is 46.4 Å². The molecule has 0 saturated heterocycles. The fraction of sp³-hybridized carbons (Fsp3) is 0.133. The van der Waals surface area contributed by atoms with Gasteiger partial charge in [0.1, 0.15) is 4.99 Å². The normalized spacial score (nSPS) is 10.2. The molecule has 0 atom stereocenters. The number of hydrogen-bond donors (Lipinski definition) is 0. The number of halogens is 1. The van der Waals surface area contributed by atoms with Crippen LogP contribution in [0.3, 0.4) is 0 Å². The van der Waals surface area contributed by atoms with Crippen LogP contribution in [-0.2, 0) is 6.54 Å². The molecule has 21 heavy (non-hydrogen) atoms. The zero-order valence-electron chi connectivity index (χ0n) is 11.3. The summed E-state index contributed by atoms with van der Waals surface area (Å²) in [5.41, 5.74) is 1.58. The third kappa shape index (κ3) is 3.77. The molecule has 0 spiro atoms. The molecule has 6 heteroatoms. The molecule has 2 rings (SSSR count). The van der Waals surface area contributed by atoms with Gasteiger partial charge in [0.15, 0.2) is 0 Å². The van der Waals surface area contributed by atoms with Gasteiger partial charge in [-0.3, -0.25) is 10.1 Å². The molecule has 0 aliphatic heterocycles. The van der Waals surface area contributed by atoms with Gasteiger partial charge in [-0.25, -0.2) is 0 Å². The number of nitro benzene ring substituents is 1. The molecule has 0 radical (unpaired) electrons. The molecule has 0 saturated carbocycles. The highest BCUT2D eigenvalue weighted by Crippen LogP contribution is 2.20. The Hall–Kier alpha value is -1.98. The first-order valence-electron chi connectivity index (χ1n) is 6.22. The lowest BCUT2D eigenvalue weighted by Gasteiger charge is -2.20. The van der Waals surface area contributed by atoms with Gasteiger partial charge in [-0.05, 0) is 12.1 Å². The lowest BCUT2D eigenvalue weighted by atomic mass is 10.1. The monoisotopic (exact) mass is 320 g/mol. The van der Waals surface area contributed by atoms with E-state index in [4.69, 9.17) is 23.8 Å². The van der Waals surface area contributed by atoms with E-state index < -0.39 is 0 Å². The fourth-order valence-corrected chi connectivity index (χ4v) is 2.29. The van der Waals surface area contributed by atoms with Crippen molar-refractivity contribution in [2.45, 2.75) is 6.54 Å². The lowest BCUT2D eigenvalue weighted by Crippen LogP contribution is -2.25. The summed E-state index contributed by atoms with van der Waals surface area (Å²) >= 11 is 11.3. The quantitative estimate of drug-likeness (QED) is 0.484. The predicted octanol–water partition coefficient (Wildman–Crippen LogP) is 4.06. The summed E-state index contributed by atoms with van der Waals surface area (Å²) < 4.78 is 0. The molecule has 2 aromatic rings. The van der Waals surface area contributed by atoms with Gasteiger partial charge in [0.05, 0.1) is 11.5 Å². The summed E-state index contributed by atoms with van der Waals surface area (Å²) in [5, 5.41) is 11.7. The van der Waals surface area contributed by atoms with Crippen molar-refractivity contribution in [1.29, 1.82) is 0 Å². The van der Waals surface area contributed by atoms with Crippen molar-refractivity contribution in [3.8, 4) is 0 Å². The third-order valence-electron chi connectivity index (χ3n) is 3.03. The van der Waals surface area contributed by atoms with Crippen molar-refractivity contribution < 1.29 is 4.92 Å². The second-order valence-electron chi connectivity index (χ2n) is 4.55. The molecule has 0 N–H and O–H groups in total. The first-order valence-corrected chi connectivity index (χ1v) is 7.01. The first kappa shape index (κ1) is 15.4. The number of hydrogen-bond acceptors (Lipinski definition) is 3. The SMILES string of the molecule is CN(Cc1ccccc1[N+](=O)[O-])C(=S)c1ccc(Cl)cc1. The second-order valence-corrected chi connectivity index (χ2v) is 5.38. The van der Waals surface area contributed by atoms with Gasteiger partial charge in [-0.2, -0.15) is 0 Å². The van der Waals surface area contributed by atoms with Crippen LogP contribution in [0, 0.1) is 10.1 Å². The number of para-hydroxylation sites is 1. The van der Waals surface area contributed by atoms with Crippen LogP contribution in [0.1, 0.15) is 11.1 Å². The summed E-state index contributed by atoms with van der Waals surface area (Å²) in [5.74, 6) is 0. The largest absolute Gasteiger partial charge is 0.361 e. The van der Waals surface area contributed by atoms with E-state index in [0.717, 1.165) is 5.56 Å². The van der Waals surface area contributed by atoms with Crippen molar-refractivity contribution in [3.05, 3.63) is 74.8 Å². The molecule has 0 amide bonds. The Morgan fingerprint density at radius 2 is 1.86 bits per heavy atom. The van der Waals surface area contributed by atoms with Gasteiger partial charge in [0.25, 0.3) is 5.69 Å². The van der Waals surface area contributed by atoms with Crippen LogP contribution in [0.4, 0.5) is 5.69 Å². The van der Waals surface area contributed by atoms with Gasteiger partial charge in [0.2, 0.25) is 0 Å².